The molecule has 7 heteroatoms. The van der Waals surface area contributed by atoms with E-state index in [0.717, 1.165) is 51.1 Å². The summed E-state index contributed by atoms with van der Waals surface area (Å²) in [6.45, 7) is 5.05. The molecule has 2 bridgehead atoms. The second-order valence-corrected chi connectivity index (χ2v) is 8.15. The maximum absolute atomic E-state index is 13.0. The molecule has 0 saturated carbocycles. The van der Waals surface area contributed by atoms with Crippen LogP contribution in [0.15, 0.2) is 30.3 Å². The van der Waals surface area contributed by atoms with Gasteiger partial charge in [0.1, 0.15) is 0 Å². The third kappa shape index (κ3) is 5.15. The predicted octanol–water partition coefficient (Wildman–Crippen LogP) is 1.29. The molecular weight excluding hydrogens is 370 g/mol. The minimum Gasteiger partial charge on any atom is -0.381 e. The Bertz CT molecular complexity index is 693. The summed E-state index contributed by atoms with van der Waals surface area (Å²) < 4.78 is 11.1. The molecule has 4 rings (SSSR count). The summed E-state index contributed by atoms with van der Waals surface area (Å²) in [6.07, 6.45) is 3.41. The van der Waals surface area contributed by atoms with Crippen molar-refractivity contribution in [3.8, 4) is 0 Å². The number of rotatable bonds is 7. The Balaban J connectivity index is 1.24. The van der Waals surface area contributed by atoms with Crippen LogP contribution in [-0.2, 0) is 14.3 Å². The lowest BCUT2D eigenvalue weighted by atomic mass is 10.1. The number of amides is 2. The van der Waals surface area contributed by atoms with Crippen LogP contribution in [-0.4, -0.2) is 85.8 Å². The number of hydrogen-bond acceptors (Lipinski definition) is 5. The number of carbonyl (C=O) groups is 2. The van der Waals surface area contributed by atoms with E-state index in [1.807, 2.05) is 35.2 Å². The highest BCUT2D eigenvalue weighted by Crippen LogP contribution is 2.26. The summed E-state index contributed by atoms with van der Waals surface area (Å²) in [5.41, 5.74) is 0.737. The van der Waals surface area contributed by atoms with E-state index >= 15 is 0 Å². The molecule has 29 heavy (non-hydrogen) atoms. The van der Waals surface area contributed by atoms with E-state index in [4.69, 9.17) is 9.47 Å². The molecule has 2 amide bonds. The van der Waals surface area contributed by atoms with Crippen LogP contribution in [0.25, 0.3) is 0 Å². The zero-order chi connectivity index (χ0) is 20.1. The van der Waals surface area contributed by atoms with Gasteiger partial charge in [-0.1, -0.05) is 18.2 Å². The van der Waals surface area contributed by atoms with Gasteiger partial charge in [0.05, 0.1) is 12.7 Å². The Morgan fingerprint density at radius 1 is 1.10 bits per heavy atom. The van der Waals surface area contributed by atoms with Gasteiger partial charge < -0.3 is 19.7 Å². The van der Waals surface area contributed by atoms with Crippen molar-refractivity contribution in [1.29, 1.82) is 0 Å². The van der Waals surface area contributed by atoms with E-state index in [2.05, 4.69) is 10.2 Å². The lowest BCUT2D eigenvalue weighted by molar-refractivity contribution is -0.123. The van der Waals surface area contributed by atoms with E-state index in [-0.39, 0.29) is 30.0 Å². The minimum absolute atomic E-state index is 0.0133. The van der Waals surface area contributed by atoms with Crippen LogP contribution >= 0.6 is 0 Å². The Kier molecular flexibility index (Phi) is 6.79. The fourth-order valence-corrected chi connectivity index (χ4v) is 4.52. The van der Waals surface area contributed by atoms with Crippen molar-refractivity contribution in [3.05, 3.63) is 35.9 Å². The van der Waals surface area contributed by atoms with Gasteiger partial charge in [0.15, 0.2) is 0 Å². The molecule has 0 radical (unpaired) electrons. The molecule has 158 valence electrons. The zero-order valence-corrected chi connectivity index (χ0v) is 16.9. The molecular formula is C22H31N3O4. The highest BCUT2D eigenvalue weighted by atomic mass is 16.5. The van der Waals surface area contributed by atoms with Crippen LogP contribution in [0.2, 0.25) is 0 Å². The molecule has 3 fully saturated rings. The number of benzene rings is 1. The molecule has 3 aliphatic rings. The smallest absolute Gasteiger partial charge is 0.254 e. The van der Waals surface area contributed by atoms with Crippen LogP contribution in [0.5, 0.6) is 0 Å². The summed E-state index contributed by atoms with van der Waals surface area (Å²) in [6, 6.07) is 9.92. The van der Waals surface area contributed by atoms with Crippen LogP contribution in [0.3, 0.4) is 0 Å². The van der Waals surface area contributed by atoms with E-state index in [0.29, 0.717) is 26.1 Å². The molecule has 1 N–H and O–H groups in total. The molecule has 0 spiro atoms. The first kappa shape index (κ1) is 20.3. The van der Waals surface area contributed by atoms with Gasteiger partial charge in [0.25, 0.3) is 5.91 Å². The van der Waals surface area contributed by atoms with Gasteiger partial charge in [-0.15, -0.1) is 0 Å². The van der Waals surface area contributed by atoms with Crippen molar-refractivity contribution < 1.29 is 19.1 Å². The SMILES string of the molecule is O=C(CCOC1CCOCC1)NCC1CN(C(=O)c2ccccc2)C2CCN1C2. The highest BCUT2D eigenvalue weighted by Gasteiger charge is 2.40. The summed E-state index contributed by atoms with van der Waals surface area (Å²) >= 11 is 0. The van der Waals surface area contributed by atoms with Gasteiger partial charge in [0.2, 0.25) is 5.91 Å². The average Bonchev–Trinajstić information content (AvgIpc) is 3.18. The minimum atomic E-state index is 0.0133. The summed E-state index contributed by atoms with van der Waals surface area (Å²) in [5, 5.41) is 3.05. The fourth-order valence-electron chi connectivity index (χ4n) is 4.52. The largest absolute Gasteiger partial charge is 0.381 e. The van der Waals surface area contributed by atoms with Crippen molar-refractivity contribution in [1.82, 2.24) is 15.1 Å². The van der Waals surface area contributed by atoms with Crippen molar-refractivity contribution in [3.63, 3.8) is 0 Å². The Morgan fingerprint density at radius 3 is 2.69 bits per heavy atom. The molecule has 3 atom stereocenters. The third-order valence-electron chi connectivity index (χ3n) is 6.23. The number of hydrogen-bond donors (Lipinski definition) is 1. The first-order valence-corrected chi connectivity index (χ1v) is 10.8. The van der Waals surface area contributed by atoms with Crippen LogP contribution < -0.4 is 5.32 Å². The topological polar surface area (TPSA) is 71.1 Å². The van der Waals surface area contributed by atoms with Crippen molar-refractivity contribution in [2.24, 2.45) is 0 Å². The zero-order valence-electron chi connectivity index (χ0n) is 16.9. The maximum atomic E-state index is 13.0. The van der Waals surface area contributed by atoms with E-state index in [1.165, 1.54) is 0 Å². The average molecular weight is 402 g/mol. The Hall–Kier alpha value is -1.96. The molecule has 3 unspecified atom stereocenters. The van der Waals surface area contributed by atoms with Crippen molar-refractivity contribution in [2.45, 2.75) is 43.9 Å². The molecule has 3 aliphatic heterocycles. The molecule has 0 aromatic heterocycles. The van der Waals surface area contributed by atoms with Gasteiger partial charge in [-0.2, -0.15) is 0 Å². The molecule has 0 aliphatic carbocycles. The van der Waals surface area contributed by atoms with Gasteiger partial charge >= 0.3 is 0 Å². The number of nitrogens with one attached hydrogen (secondary N) is 1. The van der Waals surface area contributed by atoms with Gasteiger partial charge in [-0.25, -0.2) is 0 Å². The number of carbonyl (C=O) groups excluding carboxylic acids is 2. The van der Waals surface area contributed by atoms with E-state index in [1.54, 1.807) is 0 Å². The lowest BCUT2D eigenvalue weighted by Crippen LogP contribution is -2.57. The van der Waals surface area contributed by atoms with Crippen molar-refractivity contribution >= 4 is 11.8 Å². The second-order valence-electron chi connectivity index (χ2n) is 8.15. The van der Waals surface area contributed by atoms with E-state index in [9.17, 15) is 9.59 Å². The highest BCUT2D eigenvalue weighted by molar-refractivity contribution is 5.94. The summed E-state index contributed by atoms with van der Waals surface area (Å²) in [5.74, 6) is 0.109. The van der Waals surface area contributed by atoms with Crippen molar-refractivity contribution in [2.75, 3.05) is 46.0 Å². The number of fused-ring (bicyclic) bond motifs is 2. The van der Waals surface area contributed by atoms with Crippen LogP contribution in [0, 0.1) is 0 Å². The molecule has 1 aromatic carbocycles. The third-order valence-corrected chi connectivity index (χ3v) is 6.23. The number of ether oxygens (including phenoxy) is 2. The quantitative estimate of drug-likeness (QED) is 0.746. The first-order chi connectivity index (χ1) is 14.2. The van der Waals surface area contributed by atoms with Crippen LogP contribution in [0.1, 0.15) is 36.0 Å². The van der Waals surface area contributed by atoms with Gasteiger partial charge in [0, 0.05) is 63.5 Å². The van der Waals surface area contributed by atoms with E-state index < -0.39 is 0 Å². The monoisotopic (exact) mass is 401 g/mol. The predicted molar refractivity (Wildman–Crippen MR) is 109 cm³/mol. The molecule has 3 heterocycles. The second kappa shape index (κ2) is 9.69. The van der Waals surface area contributed by atoms with Gasteiger partial charge in [-0.3, -0.25) is 14.5 Å². The molecule has 7 nitrogen and oxygen atoms in total. The standard InChI is InChI=1S/C22H31N3O4/c26-21(9-13-29-20-7-11-28-12-8-20)23-14-19-16-25(18-6-10-24(19)15-18)22(27)17-4-2-1-3-5-17/h1-5,18-20H,6-16H2,(H,23,26). The van der Waals surface area contributed by atoms with Crippen LogP contribution in [0.4, 0.5) is 0 Å². The Labute approximate surface area is 172 Å². The number of piperazine rings is 1. The maximum Gasteiger partial charge on any atom is 0.254 e. The number of nitrogens with zero attached hydrogens (tertiary/aromatic N) is 2. The lowest BCUT2D eigenvalue weighted by Gasteiger charge is -2.40. The molecule has 3 saturated heterocycles. The van der Waals surface area contributed by atoms with Gasteiger partial charge in [-0.05, 0) is 31.4 Å². The fraction of sp³-hybridized carbons (Fsp3) is 0.636. The first-order valence-electron chi connectivity index (χ1n) is 10.8. The molecule has 1 aromatic rings. The Morgan fingerprint density at radius 2 is 1.90 bits per heavy atom. The summed E-state index contributed by atoms with van der Waals surface area (Å²) in [4.78, 5) is 29.6. The normalized spacial score (nSPS) is 27.0. The summed E-state index contributed by atoms with van der Waals surface area (Å²) in [7, 11) is 0.